The third-order valence-electron chi connectivity index (χ3n) is 7.25. The summed E-state index contributed by atoms with van der Waals surface area (Å²) in [5.74, 6) is -0.314. The Morgan fingerprint density at radius 2 is 2.06 bits per heavy atom. The van der Waals surface area contributed by atoms with Gasteiger partial charge in [-0.3, -0.25) is 9.59 Å². The molecule has 0 aliphatic carbocycles. The maximum atomic E-state index is 13.5. The molecular weight excluding hydrogens is 496 g/mol. The van der Waals surface area contributed by atoms with Crippen LogP contribution < -0.4 is 4.90 Å². The van der Waals surface area contributed by atoms with Crippen LogP contribution >= 0.6 is 11.3 Å². The van der Waals surface area contributed by atoms with Crippen molar-refractivity contribution >= 4 is 49.5 Å². The molecule has 190 valence electrons. The van der Waals surface area contributed by atoms with Gasteiger partial charge in [0.25, 0.3) is 15.9 Å². The summed E-state index contributed by atoms with van der Waals surface area (Å²) in [6, 6.07) is 11.1. The average Bonchev–Trinajstić information content (AvgIpc) is 3.51. The minimum absolute atomic E-state index is 0.0173. The number of ether oxygens (including phenoxy) is 1. The largest absolute Gasteiger partial charge is 0.385 e. The van der Waals surface area contributed by atoms with Gasteiger partial charge in [-0.05, 0) is 66.3 Å². The van der Waals surface area contributed by atoms with Crippen molar-refractivity contribution in [1.29, 1.82) is 0 Å². The summed E-state index contributed by atoms with van der Waals surface area (Å²) in [5, 5.41) is 3.58. The van der Waals surface area contributed by atoms with Gasteiger partial charge in [0.05, 0.1) is 5.69 Å². The molecule has 0 spiro atoms. The molecule has 1 amide bonds. The number of benzene rings is 2. The highest BCUT2D eigenvalue weighted by Gasteiger charge is 2.35. The van der Waals surface area contributed by atoms with Crippen molar-refractivity contribution in [1.82, 2.24) is 4.31 Å². The van der Waals surface area contributed by atoms with Crippen LogP contribution in [0.15, 0.2) is 46.0 Å². The van der Waals surface area contributed by atoms with Gasteiger partial charge in [0.1, 0.15) is 9.99 Å². The molecule has 1 unspecified atom stereocenters. The van der Waals surface area contributed by atoms with Crippen molar-refractivity contribution in [2.75, 3.05) is 38.3 Å². The van der Waals surface area contributed by atoms with Gasteiger partial charge in [-0.2, -0.15) is 4.31 Å². The molecule has 1 atom stereocenters. The van der Waals surface area contributed by atoms with E-state index in [0.29, 0.717) is 42.3 Å². The van der Waals surface area contributed by atoms with Crippen LogP contribution in [0.1, 0.15) is 40.7 Å². The van der Waals surface area contributed by atoms with Gasteiger partial charge in [0.15, 0.2) is 0 Å². The maximum Gasteiger partial charge on any atom is 0.258 e. The van der Waals surface area contributed by atoms with Crippen LogP contribution in [0.3, 0.4) is 0 Å². The van der Waals surface area contributed by atoms with Crippen molar-refractivity contribution in [3.05, 3.63) is 58.5 Å². The Morgan fingerprint density at radius 1 is 1.22 bits per heavy atom. The average molecular weight is 527 g/mol. The normalized spacial score (nSPS) is 18.3. The number of hydrogen-bond donors (Lipinski definition) is 0. The molecule has 3 aromatic rings. The van der Waals surface area contributed by atoms with Crippen LogP contribution in [-0.4, -0.2) is 57.8 Å². The highest BCUT2D eigenvalue weighted by molar-refractivity contribution is 7.91. The summed E-state index contributed by atoms with van der Waals surface area (Å²) in [5.41, 5.74) is 3.44. The van der Waals surface area contributed by atoms with E-state index in [-0.39, 0.29) is 30.6 Å². The van der Waals surface area contributed by atoms with Crippen molar-refractivity contribution in [3.63, 3.8) is 0 Å². The second-order valence-electron chi connectivity index (χ2n) is 9.50. The highest BCUT2D eigenvalue weighted by atomic mass is 32.2. The van der Waals surface area contributed by atoms with E-state index in [2.05, 4.69) is 0 Å². The number of sulfonamides is 1. The second-order valence-corrected chi connectivity index (χ2v) is 12.6. The van der Waals surface area contributed by atoms with Crippen LogP contribution in [0, 0.1) is 12.8 Å². The molecule has 7 nitrogen and oxygen atoms in total. The first-order valence-corrected chi connectivity index (χ1v) is 14.6. The van der Waals surface area contributed by atoms with E-state index < -0.39 is 10.0 Å². The number of thiophene rings is 1. The number of rotatable bonds is 9. The van der Waals surface area contributed by atoms with Gasteiger partial charge >= 0.3 is 0 Å². The standard InChI is InChI=1S/C27H30N2O5S2/c1-18-15-23-26-20(8-3-9-21(26)27(31)29(23)12-6-13-34-2)22(18)16-24(30)19-7-4-11-28(17-19)36(32,33)25-10-5-14-35-25/h3,5,8-10,14-15,19H,4,6-7,11-13,16-17H2,1-2H3. The van der Waals surface area contributed by atoms with Gasteiger partial charge in [-0.15, -0.1) is 11.3 Å². The Hall–Kier alpha value is -2.59. The number of carbonyl (C=O) groups is 2. The Bertz CT molecular complexity index is 1420. The number of carbonyl (C=O) groups excluding carboxylic acids is 2. The summed E-state index contributed by atoms with van der Waals surface area (Å²) >= 11 is 1.20. The molecule has 5 rings (SSSR count). The number of amides is 1. The van der Waals surface area contributed by atoms with Gasteiger partial charge in [-0.1, -0.05) is 18.2 Å². The van der Waals surface area contributed by atoms with E-state index in [1.165, 1.54) is 15.6 Å². The summed E-state index contributed by atoms with van der Waals surface area (Å²) in [4.78, 5) is 28.5. The Kier molecular flexibility index (Phi) is 7.00. The fraction of sp³-hybridized carbons (Fsp3) is 0.407. The number of aryl methyl sites for hydroxylation is 1. The molecule has 0 N–H and O–H groups in total. The molecule has 0 bridgehead atoms. The predicted molar refractivity (Wildman–Crippen MR) is 141 cm³/mol. The first-order chi connectivity index (χ1) is 17.3. The summed E-state index contributed by atoms with van der Waals surface area (Å²) in [7, 11) is -1.93. The molecule has 9 heteroatoms. The molecule has 36 heavy (non-hydrogen) atoms. The maximum absolute atomic E-state index is 13.5. The molecule has 0 saturated carbocycles. The number of anilines is 1. The van der Waals surface area contributed by atoms with Crippen molar-refractivity contribution in [2.24, 2.45) is 5.92 Å². The summed E-state index contributed by atoms with van der Waals surface area (Å²) in [6.07, 6.45) is 2.31. The molecule has 2 aliphatic rings. The second kappa shape index (κ2) is 10.0. The minimum atomic E-state index is -3.58. The lowest BCUT2D eigenvalue weighted by Gasteiger charge is -2.31. The zero-order valence-electron chi connectivity index (χ0n) is 20.5. The van der Waals surface area contributed by atoms with Crippen LogP contribution in [0.5, 0.6) is 0 Å². The van der Waals surface area contributed by atoms with Gasteiger partial charge < -0.3 is 9.64 Å². The molecule has 2 aromatic carbocycles. The lowest BCUT2D eigenvalue weighted by molar-refractivity contribution is -0.123. The van der Waals surface area contributed by atoms with E-state index in [9.17, 15) is 18.0 Å². The van der Waals surface area contributed by atoms with E-state index in [1.807, 2.05) is 36.1 Å². The van der Waals surface area contributed by atoms with Crippen LogP contribution in [0.2, 0.25) is 0 Å². The number of hydrogen-bond acceptors (Lipinski definition) is 6. The first kappa shape index (κ1) is 25.1. The Balaban J connectivity index is 1.41. The lowest BCUT2D eigenvalue weighted by atomic mass is 9.87. The van der Waals surface area contributed by atoms with Crippen molar-refractivity contribution in [3.8, 4) is 0 Å². The van der Waals surface area contributed by atoms with Gasteiger partial charge in [0.2, 0.25) is 0 Å². The third-order valence-corrected chi connectivity index (χ3v) is 10.5. The molecular formula is C27H30N2O5S2. The van der Waals surface area contributed by atoms with E-state index in [1.54, 1.807) is 24.6 Å². The van der Waals surface area contributed by atoms with E-state index in [4.69, 9.17) is 4.74 Å². The quantitative estimate of drug-likeness (QED) is 0.386. The first-order valence-electron chi connectivity index (χ1n) is 12.2. The Morgan fingerprint density at radius 3 is 2.81 bits per heavy atom. The van der Waals surface area contributed by atoms with Crippen LogP contribution in [0.25, 0.3) is 10.8 Å². The third kappa shape index (κ3) is 4.38. The zero-order valence-corrected chi connectivity index (χ0v) is 22.2. The fourth-order valence-electron chi connectivity index (χ4n) is 5.41. The minimum Gasteiger partial charge on any atom is -0.385 e. The van der Waals surface area contributed by atoms with Gasteiger partial charge in [-0.25, -0.2) is 8.42 Å². The molecule has 1 saturated heterocycles. The molecule has 0 radical (unpaired) electrons. The topological polar surface area (TPSA) is 84.0 Å². The number of nitrogens with zero attached hydrogens (tertiary/aromatic N) is 2. The summed E-state index contributed by atoms with van der Waals surface area (Å²) in [6.45, 7) is 3.78. The molecule has 3 heterocycles. The van der Waals surface area contributed by atoms with E-state index in [0.717, 1.165) is 34.0 Å². The number of piperidine rings is 1. The molecule has 1 fully saturated rings. The SMILES string of the molecule is COCCCN1C(=O)c2cccc3c(CC(=O)C4CCCN(S(=O)(=O)c5cccs5)C4)c(C)cc1c23. The van der Waals surface area contributed by atoms with Crippen LogP contribution in [-0.2, 0) is 26.0 Å². The monoisotopic (exact) mass is 526 g/mol. The number of ketones is 1. The van der Waals surface area contributed by atoms with Crippen molar-refractivity contribution < 1.29 is 22.7 Å². The predicted octanol–water partition coefficient (Wildman–Crippen LogP) is 4.42. The molecule has 1 aromatic heterocycles. The molecule has 2 aliphatic heterocycles. The summed E-state index contributed by atoms with van der Waals surface area (Å²) < 4.78 is 33.0. The number of methoxy groups -OCH3 is 1. The van der Waals surface area contributed by atoms with E-state index >= 15 is 0 Å². The van der Waals surface area contributed by atoms with Crippen molar-refractivity contribution in [2.45, 2.75) is 36.8 Å². The zero-order chi connectivity index (χ0) is 25.4. The number of Topliss-reactive ketones (excluding diaryl/α,β-unsaturated/α-hetero) is 1. The lowest BCUT2D eigenvalue weighted by Crippen LogP contribution is -2.42. The van der Waals surface area contributed by atoms with Crippen LogP contribution in [0.4, 0.5) is 5.69 Å². The fourth-order valence-corrected chi connectivity index (χ4v) is 8.07. The Labute approximate surface area is 215 Å². The highest BCUT2D eigenvalue weighted by Crippen LogP contribution is 2.41. The van der Waals surface area contributed by atoms with Gasteiger partial charge in [0, 0.05) is 56.6 Å². The smallest absolute Gasteiger partial charge is 0.258 e.